The smallest absolute Gasteiger partial charge is 0.262 e. The first-order chi connectivity index (χ1) is 16.1. The molecule has 4 aromatic rings. The summed E-state index contributed by atoms with van der Waals surface area (Å²) >= 11 is 0. The second-order valence-corrected chi connectivity index (χ2v) is 7.52. The van der Waals surface area contributed by atoms with Crippen molar-refractivity contribution in [2.45, 2.75) is 20.1 Å². The summed E-state index contributed by atoms with van der Waals surface area (Å²) in [6.07, 6.45) is 1.68. The third-order valence-electron chi connectivity index (χ3n) is 4.82. The molecule has 0 saturated heterocycles. The summed E-state index contributed by atoms with van der Waals surface area (Å²) in [5.41, 5.74) is 3.51. The Balaban J connectivity index is 1.56. The number of rotatable bonds is 8. The van der Waals surface area contributed by atoms with Crippen molar-refractivity contribution in [2.24, 2.45) is 0 Å². The fourth-order valence-corrected chi connectivity index (χ4v) is 3.32. The number of hydrogen-bond donors (Lipinski definition) is 2. The van der Waals surface area contributed by atoms with E-state index < -0.39 is 0 Å². The van der Waals surface area contributed by atoms with E-state index in [0.29, 0.717) is 30.1 Å². The van der Waals surface area contributed by atoms with Crippen LogP contribution < -0.4 is 15.4 Å². The molecule has 0 saturated carbocycles. The van der Waals surface area contributed by atoms with Gasteiger partial charge in [-0.1, -0.05) is 66.7 Å². The highest BCUT2D eigenvalue weighted by atomic mass is 16.5. The standard InChI is InChI=1S/C26H24N4O3/c1-19(31)27-22-13-8-14-23(15-22)28-25(32)24-17-30(16-20-9-4-2-5-10-20)29-26(24)33-18-21-11-6-3-7-12-21/h2-15,17H,16,18H2,1H3,(H,27,31)(H,28,32). The van der Waals surface area contributed by atoms with Gasteiger partial charge in [-0.2, -0.15) is 0 Å². The van der Waals surface area contributed by atoms with Crippen LogP contribution in [0.2, 0.25) is 0 Å². The minimum absolute atomic E-state index is 0.183. The lowest BCUT2D eigenvalue weighted by molar-refractivity contribution is -0.114. The zero-order valence-electron chi connectivity index (χ0n) is 18.2. The third-order valence-corrected chi connectivity index (χ3v) is 4.82. The monoisotopic (exact) mass is 440 g/mol. The molecule has 2 N–H and O–H groups in total. The molecule has 1 aromatic heterocycles. The Morgan fingerprint density at radius 2 is 1.48 bits per heavy atom. The summed E-state index contributed by atoms with van der Waals surface area (Å²) in [6.45, 7) is 2.23. The van der Waals surface area contributed by atoms with E-state index >= 15 is 0 Å². The SMILES string of the molecule is CC(=O)Nc1cccc(NC(=O)c2cn(Cc3ccccc3)nc2OCc2ccccc2)c1. The average Bonchev–Trinajstić information content (AvgIpc) is 3.21. The molecular formula is C26H24N4O3. The molecule has 4 rings (SSSR count). The topological polar surface area (TPSA) is 85.3 Å². The molecule has 0 aliphatic heterocycles. The van der Waals surface area contributed by atoms with Gasteiger partial charge < -0.3 is 15.4 Å². The Labute approximate surface area is 192 Å². The molecule has 0 fully saturated rings. The lowest BCUT2D eigenvalue weighted by atomic mass is 10.2. The fraction of sp³-hybridized carbons (Fsp3) is 0.115. The number of carbonyl (C=O) groups excluding carboxylic acids is 2. The number of ether oxygens (including phenoxy) is 1. The van der Waals surface area contributed by atoms with E-state index in [0.717, 1.165) is 11.1 Å². The van der Waals surface area contributed by atoms with Crippen molar-refractivity contribution >= 4 is 23.2 Å². The van der Waals surface area contributed by atoms with Crippen LogP contribution >= 0.6 is 0 Å². The molecule has 0 bridgehead atoms. The van der Waals surface area contributed by atoms with Crippen molar-refractivity contribution in [1.29, 1.82) is 0 Å². The number of anilines is 2. The molecular weight excluding hydrogens is 416 g/mol. The summed E-state index contributed by atoms with van der Waals surface area (Å²) in [4.78, 5) is 24.4. The molecule has 0 unspecified atom stereocenters. The average molecular weight is 441 g/mol. The molecule has 0 aliphatic carbocycles. The maximum atomic E-state index is 13.1. The van der Waals surface area contributed by atoms with Crippen LogP contribution in [0, 0.1) is 0 Å². The zero-order valence-corrected chi connectivity index (χ0v) is 18.2. The van der Waals surface area contributed by atoms with Gasteiger partial charge in [-0.3, -0.25) is 14.3 Å². The first-order valence-electron chi connectivity index (χ1n) is 10.5. The number of benzene rings is 3. The molecule has 7 heteroatoms. The van der Waals surface area contributed by atoms with Gasteiger partial charge in [0.15, 0.2) is 0 Å². The van der Waals surface area contributed by atoms with Gasteiger partial charge in [0.25, 0.3) is 5.91 Å². The van der Waals surface area contributed by atoms with Gasteiger partial charge in [0, 0.05) is 24.5 Å². The van der Waals surface area contributed by atoms with Crippen LogP contribution in [0.3, 0.4) is 0 Å². The summed E-state index contributed by atoms with van der Waals surface area (Å²) in [6, 6.07) is 26.5. The van der Waals surface area contributed by atoms with Gasteiger partial charge in [0.2, 0.25) is 11.8 Å². The van der Waals surface area contributed by atoms with E-state index in [2.05, 4.69) is 15.7 Å². The molecule has 2 amide bonds. The van der Waals surface area contributed by atoms with Gasteiger partial charge >= 0.3 is 0 Å². The van der Waals surface area contributed by atoms with Crippen molar-refractivity contribution in [2.75, 3.05) is 10.6 Å². The predicted octanol–water partition coefficient (Wildman–Crippen LogP) is 4.72. The highest BCUT2D eigenvalue weighted by molar-refractivity contribution is 6.06. The number of aromatic nitrogens is 2. The van der Waals surface area contributed by atoms with Gasteiger partial charge in [0.05, 0.1) is 6.54 Å². The number of carbonyl (C=O) groups is 2. The van der Waals surface area contributed by atoms with Crippen molar-refractivity contribution < 1.29 is 14.3 Å². The maximum Gasteiger partial charge on any atom is 0.262 e. The Morgan fingerprint density at radius 3 is 2.15 bits per heavy atom. The normalized spacial score (nSPS) is 10.5. The molecule has 33 heavy (non-hydrogen) atoms. The van der Waals surface area contributed by atoms with Gasteiger partial charge in [-0.15, -0.1) is 5.10 Å². The van der Waals surface area contributed by atoms with Crippen LogP contribution in [0.5, 0.6) is 5.88 Å². The van der Waals surface area contributed by atoms with E-state index in [1.165, 1.54) is 6.92 Å². The molecule has 7 nitrogen and oxygen atoms in total. The minimum Gasteiger partial charge on any atom is -0.471 e. The van der Waals surface area contributed by atoms with E-state index in [-0.39, 0.29) is 17.7 Å². The second-order valence-electron chi connectivity index (χ2n) is 7.52. The lowest BCUT2D eigenvalue weighted by Gasteiger charge is -2.08. The van der Waals surface area contributed by atoms with Crippen LogP contribution in [0.25, 0.3) is 0 Å². The first-order valence-corrected chi connectivity index (χ1v) is 10.5. The number of hydrogen-bond acceptors (Lipinski definition) is 4. The largest absolute Gasteiger partial charge is 0.471 e. The predicted molar refractivity (Wildman–Crippen MR) is 127 cm³/mol. The highest BCUT2D eigenvalue weighted by Crippen LogP contribution is 2.22. The molecule has 3 aromatic carbocycles. The number of amides is 2. The Hall–Kier alpha value is -4.39. The molecule has 0 aliphatic rings. The molecule has 0 radical (unpaired) electrons. The van der Waals surface area contributed by atoms with E-state index in [1.54, 1.807) is 35.1 Å². The second kappa shape index (κ2) is 10.3. The summed E-state index contributed by atoms with van der Waals surface area (Å²) in [7, 11) is 0. The Kier molecular flexibility index (Phi) is 6.80. The minimum atomic E-state index is -0.350. The van der Waals surface area contributed by atoms with E-state index in [4.69, 9.17) is 4.74 Å². The van der Waals surface area contributed by atoms with Crippen molar-refractivity contribution in [1.82, 2.24) is 9.78 Å². The van der Waals surface area contributed by atoms with Gasteiger partial charge in [-0.25, -0.2) is 0 Å². The summed E-state index contributed by atoms with van der Waals surface area (Å²) in [5, 5.41) is 10.1. The van der Waals surface area contributed by atoms with Crippen LogP contribution in [-0.4, -0.2) is 21.6 Å². The third kappa shape index (κ3) is 6.07. The lowest BCUT2D eigenvalue weighted by Crippen LogP contribution is -2.13. The summed E-state index contributed by atoms with van der Waals surface area (Å²) in [5.74, 6) is -0.278. The molecule has 0 atom stereocenters. The maximum absolute atomic E-state index is 13.1. The zero-order chi connectivity index (χ0) is 23.0. The molecule has 1 heterocycles. The fourth-order valence-electron chi connectivity index (χ4n) is 3.32. The first kappa shape index (κ1) is 21.8. The van der Waals surface area contributed by atoms with E-state index in [1.807, 2.05) is 60.7 Å². The van der Waals surface area contributed by atoms with Crippen molar-refractivity contribution in [3.63, 3.8) is 0 Å². The Bertz CT molecular complexity index is 1240. The Morgan fingerprint density at radius 1 is 0.848 bits per heavy atom. The van der Waals surface area contributed by atoms with Crippen LogP contribution in [0.4, 0.5) is 11.4 Å². The number of nitrogens with zero attached hydrogens (tertiary/aromatic N) is 2. The molecule has 0 spiro atoms. The van der Waals surface area contributed by atoms with E-state index in [9.17, 15) is 9.59 Å². The summed E-state index contributed by atoms with van der Waals surface area (Å²) < 4.78 is 7.62. The van der Waals surface area contributed by atoms with Gasteiger partial charge in [0.1, 0.15) is 12.2 Å². The van der Waals surface area contributed by atoms with Crippen molar-refractivity contribution in [3.05, 3.63) is 108 Å². The quantitative estimate of drug-likeness (QED) is 0.415. The van der Waals surface area contributed by atoms with Gasteiger partial charge in [-0.05, 0) is 29.3 Å². The van der Waals surface area contributed by atoms with Crippen LogP contribution in [0.15, 0.2) is 91.1 Å². The van der Waals surface area contributed by atoms with Crippen LogP contribution in [-0.2, 0) is 17.9 Å². The highest BCUT2D eigenvalue weighted by Gasteiger charge is 2.19. The van der Waals surface area contributed by atoms with Crippen molar-refractivity contribution in [3.8, 4) is 5.88 Å². The van der Waals surface area contributed by atoms with Crippen LogP contribution in [0.1, 0.15) is 28.4 Å². The number of nitrogens with one attached hydrogen (secondary N) is 2. The molecule has 166 valence electrons.